The van der Waals surface area contributed by atoms with Gasteiger partial charge in [0.15, 0.2) is 11.6 Å². The molecule has 1 heterocycles. The van der Waals surface area contributed by atoms with Crippen molar-refractivity contribution in [3.63, 3.8) is 0 Å². The van der Waals surface area contributed by atoms with Gasteiger partial charge < -0.3 is 0 Å². The summed E-state index contributed by atoms with van der Waals surface area (Å²) in [7, 11) is 0. The van der Waals surface area contributed by atoms with Crippen LogP contribution in [0.4, 0.5) is 8.78 Å². The standard InChI is InChI=1S/C11H11F2N3S/c12-8-3-1-2-7(11(8)13)4-9(16-14)10-5-17-6-15-10/h1-3,5-6,9,16H,4,14H2. The molecular formula is C11H11F2N3S. The predicted octanol–water partition coefficient (Wildman–Crippen LogP) is 2.17. The van der Waals surface area contributed by atoms with Crippen molar-refractivity contribution in [3.05, 3.63) is 52.0 Å². The van der Waals surface area contributed by atoms with Gasteiger partial charge in [0, 0.05) is 5.38 Å². The van der Waals surface area contributed by atoms with Crippen molar-refractivity contribution in [2.75, 3.05) is 0 Å². The Morgan fingerprint density at radius 2 is 2.24 bits per heavy atom. The van der Waals surface area contributed by atoms with Crippen LogP contribution >= 0.6 is 11.3 Å². The SMILES string of the molecule is NNC(Cc1cccc(F)c1F)c1cscn1. The van der Waals surface area contributed by atoms with Crippen LogP contribution in [0, 0.1) is 11.6 Å². The average Bonchev–Trinajstić information content (AvgIpc) is 2.85. The Bertz CT molecular complexity index is 487. The van der Waals surface area contributed by atoms with E-state index in [2.05, 4.69) is 10.4 Å². The van der Waals surface area contributed by atoms with Crippen LogP contribution in [0.3, 0.4) is 0 Å². The summed E-state index contributed by atoms with van der Waals surface area (Å²) in [4.78, 5) is 4.10. The number of benzene rings is 1. The van der Waals surface area contributed by atoms with Crippen molar-refractivity contribution in [3.8, 4) is 0 Å². The van der Waals surface area contributed by atoms with Gasteiger partial charge in [-0.2, -0.15) is 0 Å². The van der Waals surface area contributed by atoms with E-state index in [4.69, 9.17) is 5.84 Å². The predicted molar refractivity (Wildman–Crippen MR) is 62.2 cm³/mol. The van der Waals surface area contributed by atoms with E-state index in [1.807, 2.05) is 5.38 Å². The highest BCUT2D eigenvalue weighted by atomic mass is 32.1. The average molecular weight is 255 g/mol. The van der Waals surface area contributed by atoms with E-state index < -0.39 is 11.6 Å². The summed E-state index contributed by atoms with van der Waals surface area (Å²) in [5, 5.41) is 1.82. The molecule has 1 atom stereocenters. The summed E-state index contributed by atoms with van der Waals surface area (Å²) < 4.78 is 26.5. The lowest BCUT2D eigenvalue weighted by molar-refractivity contribution is 0.479. The van der Waals surface area contributed by atoms with E-state index in [1.54, 1.807) is 5.51 Å². The second-order valence-electron chi connectivity index (χ2n) is 3.55. The molecular weight excluding hydrogens is 244 g/mol. The van der Waals surface area contributed by atoms with Gasteiger partial charge in [0.05, 0.1) is 17.2 Å². The molecule has 0 spiro atoms. The maximum atomic E-state index is 13.5. The molecule has 6 heteroatoms. The molecule has 0 saturated carbocycles. The second kappa shape index (κ2) is 5.31. The molecule has 2 aromatic rings. The Balaban J connectivity index is 2.22. The van der Waals surface area contributed by atoms with Crippen molar-refractivity contribution in [2.45, 2.75) is 12.5 Å². The van der Waals surface area contributed by atoms with E-state index in [0.29, 0.717) is 0 Å². The Morgan fingerprint density at radius 1 is 1.41 bits per heavy atom. The van der Waals surface area contributed by atoms with Gasteiger partial charge >= 0.3 is 0 Å². The van der Waals surface area contributed by atoms with Gasteiger partial charge in [0.2, 0.25) is 0 Å². The summed E-state index contributed by atoms with van der Waals surface area (Å²) in [6.45, 7) is 0. The number of rotatable bonds is 4. The molecule has 0 aliphatic rings. The Morgan fingerprint density at radius 3 is 2.88 bits per heavy atom. The molecule has 2 rings (SSSR count). The first-order chi connectivity index (χ1) is 8.22. The van der Waals surface area contributed by atoms with Crippen molar-refractivity contribution < 1.29 is 8.78 Å². The normalized spacial score (nSPS) is 12.6. The molecule has 0 bridgehead atoms. The van der Waals surface area contributed by atoms with Crippen LogP contribution in [0.15, 0.2) is 29.1 Å². The molecule has 3 nitrogen and oxygen atoms in total. The maximum Gasteiger partial charge on any atom is 0.162 e. The Kier molecular flexibility index (Phi) is 3.78. The molecule has 3 N–H and O–H groups in total. The molecule has 0 radical (unpaired) electrons. The minimum atomic E-state index is -0.850. The first-order valence-electron chi connectivity index (χ1n) is 4.99. The number of hydrogen-bond donors (Lipinski definition) is 2. The smallest absolute Gasteiger partial charge is 0.162 e. The highest BCUT2D eigenvalue weighted by molar-refractivity contribution is 7.07. The summed E-state index contributed by atoms with van der Waals surface area (Å²) in [5.41, 5.74) is 5.22. The van der Waals surface area contributed by atoms with Crippen molar-refractivity contribution in [1.29, 1.82) is 0 Å². The van der Waals surface area contributed by atoms with Gasteiger partial charge in [-0.1, -0.05) is 12.1 Å². The minimum Gasteiger partial charge on any atom is -0.271 e. The number of aromatic nitrogens is 1. The molecule has 90 valence electrons. The zero-order chi connectivity index (χ0) is 12.3. The van der Waals surface area contributed by atoms with Crippen LogP contribution < -0.4 is 11.3 Å². The number of halogens is 2. The first-order valence-corrected chi connectivity index (χ1v) is 5.93. The van der Waals surface area contributed by atoms with E-state index >= 15 is 0 Å². The Hall–Kier alpha value is -1.37. The molecule has 1 unspecified atom stereocenters. The lowest BCUT2D eigenvalue weighted by Gasteiger charge is -2.14. The maximum absolute atomic E-state index is 13.5. The fraction of sp³-hybridized carbons (Fsp3) is 0.182. The topological polar surface area (TPSA) is 50.9 Å². The van der Waals surface area contributed by atoms with E-state index in [-0.39, 0.29) is 18.0 Å². The molecule has 0 aliphatic carbocycles. The number of hydrogen-bond acceptors (Lipinski definition) is 4. The molecule has 0 aliphatic heterocycles. The minimum absolute atomic E-state index is 0.254. The van der Waals surface area contributed by atoms with Crippen LogP contribution in [0.5, 0.6) is 0 Å². The van der Waals surface area contributed by atoms with E-state index in [1.165, 1.54) is 23.5 Å². The lowest BCUT2D eigenvalue weighted by Crippen LogP contribution is -2.30. The third-order valence-electron chi connectivity index (χ3n) is 2.47. The van der Waals surface area contributed by atoms with Gasteiger partial charge in [-0.3, -0.25) is 11.3 Å². The van der Waals surface area contributed by atoms with Crippen LogP contribution in [-0.2, 0) is 6.42 Å². The molecule has 0 amide bonds. The quantitative estimate of drug-likeness (QED) is 0.650. The molecule has 1 aromatic carbocycles. The van der Waals surface area contributed by atoms with Crippen molar-refractivity contribution in [2.24, 2.45) is 5.84 Å². The first kappa shape index (κ1) is 12.1. The van der Waals surface area contributed by atoms with Crippen LogP contribution in [-0.4, -0.2) is 4.98 Å². The third kappa shape index (κ3) is 2.66. The fourth-order valence-corrected chi connectivity index (χ4v) is 2.18. The summed E-state index contributed by atoms with van der Waals surface area (Å²) in [6, 6.07) is 3.78. The van der Waals surface area contributed by atoms with E-state index in [0.717, 1.165) is 11.8 Å². The van der Waals surface area contributed by atoms with Crippen molar-refractivity contribution >= 4 is 11.3 Å². The van der Waals surface area contributed by atoms with Crippen LogP contribution in [0.2, 0.25) is 0 Å². The summed E-state index contributed by atoms with van der Waals surface area (Å²) in [5.74, 6) is 3.72. The zero-order valence-corrected chi connectivity index (χ0v) is 9.68. The van der Waals surface area contributed by atoms with E-state index in [9.17, 15) is 8.78 Å². The number of hydrazine groups is 1. The van der Waals surface area contributed by atoms with Crippen LogP contribution in [0.25, 0.3) is 0 Å². The zero-order valence-electron chi connectivity index (χ0n) is 8.86. The summed E-state index contributed by atoms with van der Waals surface area (Å²) >= 11 is 1.43. The van der Waals surface area contributed by atoms with Crippen molar-refractivity contribution in [1.82, 2.24) is 10.4 Å². The highest BCUT2D eigenvalue weighted by Crippen LogP contribution is 2.20. The van der Waals surface area contributed by atoms with Gasteiger partial charge in [-0.15, -0.1) is 11.3 Å². The molecule has 17 heavy (non-hydrogen) atoms. The summed E-state index contributed by atoms with van der Waals surface area (Å²) in [6.07, 6.45) is 0.254. The number of nitrogens with one attached hydrogen (secondary N) is 1. The Labute approximate surface area is 101 Å². The number of nitrogens with two attached hydrogens (primary N) is 1. The molecule has 0 saturated heterocycles. The van der Waals surface area contributed by atoms with Gasteiger partial charge in [0.1, 0.15) is 0 Å². The van der Waals surface area contributed by atoms with Gasteiger partial charge in [-0.05, 0) is 18.1 Å². The third-order valence-corrected chi connectivity index (χ3v) is 3.07. The lowest BCUT2D eigenvalue weighted by atomic mass is 10.0. The fourth-order valence-electron chi connectivity index (χ4n) is 1.57. The number of thiazole rings is 1. The van der Waals surface area contributed by atoms with Crippen LogP contribution in [0.1, 0.15) is 17.3 Å². The molecule has 1 aromatic heterocycles. The number of nitrogens with zero attached hydrogens (tertiary/aromatic N) is 1. The highest BCUT2D eigenvalue weighted by Gasteiger charge is 2.16. The monoisotopic (exact) mass is 255 g/mol. The van der Waals surface area contributed by atoms with Gasteiger partial charge in [0.25, 0.3) is 0 Å². The van der Waals surface area contributed by atoms with Gasteiger partial charge in [-0.25, -0.2) is 13.8 Å². The second-order valence-corrected chi connectivity index (χ2v) is 4.27. The largest absolute Gasteiger partial charge is 0.271 e. The molecule has 0 fully saturated rings.